The maximum absolute atomic E-state index is 14.5. The molecular weight excluding hydrogens is 412 g/mol. The Bertz CT molecular complexity index is 994. The molecule has 1 unspecified atom stereocenters. The molecule has 1 heterocycles. The molecule has 0 bridgehead atoms. The van der Waals surface area contributed by atoms with Gasteiger partial charge in [0, 0.05) is 23.6 Å². The quantitative estimate of drug-likeness (QED) is 0.732. The molecule has 29 heavy (non-hydrogen) atoms. The maximum Gasteiger partial charge on any atom is 0.573 e. The number of Topliss-reactive ketones (excluding diaryl/α,β-unsaturated/α-hetero) is 1. The molecule has 0 fully saturated rings. The molecule has 0 saturated carbocycles. The average molecular weight is 430 g/mol. The number of aromatic nitrogens is 1. The largest absolute Gasteiger partial charge is 0.573 e. The van der Waals surface area contributed by atoms with Crippen LogP contribution in [0.25, 0.3) is 0 Å². The predicted molar refractivity (Wildman–Crippen MR) is 98.1 cm³/mol. The number of carbonyl (C=O) groups excluding carboxylic acids is 1. The first-order valence-electron chi connectivity index (χ1n) is 8.56. The van der Waals surface area contributed by atoms with Crippen molar-refractivity contribution in [1.29, 1.82) is 0 Å². The van der Waals surface area contributed by atoms with E-state index in [2.05, 4.69) is 9.72 Å². The maximum atomic E-state index is 14.5. The minimum atomic E-state index is -5.05. The Labute approximate surface area is 166 Å². The standard InChI is InChI=1S/C19H18F4N2O3S/c1-17(2,29(24)27)10-18(9-14(26)12-4-3-7-25-16(12)18)11-5-6-15(13(20)8-11)28-19(21,22)23/h3-8H,9-10,24H2,1-2H3/t18-,29?/m0/s1. The summed E-state index contributed by atoms with van der Waals surface area (Å²) in [5.74, 6) is -2.46. The van der Waals surface area contributed by atoms with Gasteiger partial charge in [-0.3, -0.25) is 14.9 Å². The second-order valence-corrected chi connectivity index (χ2v) is 9.21. The third-order valence-corrected chi connectivity index (χ3v) is 6.24. The molecule has 0 saturated heterocycles. The first kappa shape index (κ1) is 21.4. The van der Waals surface area contributed by atoms with Gasteiger partial charge >= 0.3 is 6.36 Å². The predicted octanol–water partition coefficient (Wildman–Crippen LogP) is 3.78. The summed E-state index contributed by atoms with van der Waals surface area (Å²) < 4.78 is 66.6. The molecule has 2 N–H and O–H groups in total. The average Bonchev–Trinajstić information content (AvgIpc) is 2.88. The smallest absolute Gasteiger partial charge is 0.403 e. The lowest BCUT2D eigenvalue weighted by Gasteiger charge is -2.36. The van der Waals surface area contributed by atoms with Crippen LogP contribution in [0.15, 0.2) is 36.5 Å². The van der Waals surface area contributed by atoms with Gasteiger partial charge in [-0.2, -0.15) is 0 Å². The topological polar surface area (TPSA) is 82.3 Å². The number of rotatable bonds is 5. The SMILES string of the molecule is CC(C)(C[C@]1(c2ccc(OC(F)(F)F)c(F)c2)CC(=O)c2cccnc21)S(N)=O. The highest BCUT2D eigenvalue weighted by Crippen LogP contribution is 2.49. The van der Waals surface area contributed by atoms with E-state index >= 15 is 0 Å². The second kappa shape index (κ2) is 7.17. The van der Waals surface area contributed by atoms with Gasteiger partial charge in [-0.15, -0.1) is 13.2 Å². The number of carbonyl (C=O) groups is 1. The van der Waals surface area contributed by atoms with Gasteiger partial charge in [0.25, 0.3) is 0 Å². The van der Waals surface area contributed by atoms with E-state index in [9.17, 15) is 26.6 Å². The van der Waals surface area contributed by atoms with Crippen LogP contribution in [-0.4, -0.2) is 26.1 Å². The molecule has 156 valence electrons. The Hall–Kier alpha value is -2.33. The van der Waals surface area contributed by atoms with E-state index in [0.29, 0.717) is 11.3 Å². The summed E-state index contributed by atoms with van der Waals surface area (Å²) in [7, 11) is -1.79. The second-order valence-electron chi connectivity index (χ2n) is 7.51. The minimum absolute atomic E-state index is 0.0672. The molecule has 5 nitrogen and oxygen atoms in total. The fraction of sp³-hybridized carbons (Fsp3) is 0.368. The molecular formula is C19H18F4N2O3S. The number of benzene rings is 1. The first-order valence-corrected chi connectivity index (χ1v) is 9.78. The number of ether oxygens (including phenoxy) is 1. The molecule has 0 radical (unpaired) electrons. The third-order valence-electron chi connectivity index (χ3n) is 5.01. The van der Waals surface area contributed by atoms with Gasteiger partial charge in [0.05, 0.1) is 21.4 Å². The molecule has 2 atom stereocenters. The van der Waals surface area contributed by atoms with E-state index in [1.165, 1.54) is 12.3 Å². The third kappa shape index (κ3) is 4.04. The van der Waals surface area contributed by atoms with Crippen LogP contribution in [0.4, 0.5) is 17.6 Å². The Balaban J connectivity index is 2.17. The fourth-order valence-electron chi connectivity index (χ4n) is 3.76. The summed E-state index contributed by atoms with van der Waals surface area (Å²) in [6, 6.07) is 6.18. The summed E-state index contributed by atoms with van der Waals surface area (Å²) in [4.78, 5) is 16.9. The van der Waals surface area contributed by atoms with Gasteiger partial charge < -0.3 is 4.74 Å². The van der Waals surface area contributed by atoms with Crippen LogP contribution in [0.3, 0.4) is 0 Å². The van der Waals surface area contributed by atoms with Crippen molar-refractivity contribution in [3.8, 4) is 5.75 Å². The summed E-state index contributed by atoms with van der Waals surface area (Å²) in [6.45, 7) is 3.27. The Morgan fingerprint density at radius 1 is 1.28 bits per heavy atom. The van der Waals surface area contributed by atoms with Gasteiger partial charge in [-0.25, -0.2) is 8.60 Å². The normalized spacial score (nSPS) is 20.4. The van der Waals surface area contributed by atoms with Crippen LogP contribution in [-0.2, 0) is 16.4 Å². The number of ketones is 1. The van der Waals surface area contributed by atoms with E-state index in [1.54, 1.807) is 26.0 Å². The zero-order chi connectivity index (χ0) is 21.6. The van der Waals surface area contributed by atoms with Crippen LogP contribution in [0, 0.1) is 5.82 Å². The van der Waals surface area contributed by atoms with E-state index in [-0.39, 0.29) is 24.2 Å². The molecule has 10 heteroatoms. The van der Waals surface area contributed by atoms with Gasteiger partial charge in [-0.1, -0.05) is 6.07 Å². The van der Waals surface area contributed by atoms with Crippen LogP contribution in [0.5, 0.6) is 5.75 Å². The summed E-state index contributed by atoms with van der Waals surface area (Å²) >= 11 is 0. The van der Waals surface area contributed by atoms with E-state index in [0.717, 1.165) is 12.1 Å². The Morgan fingerprint density at radius 3 is 2.55 bits per heavy atom. The van der Waals surface area contributed by atoms with Crippen molar-refractivity contribution in [3.05, 3.63) is 59.2 Å². The van der Waals surface area contributed by atoms with E-state index in [1.807, 2.05) is 0 Å². The van der Waals surface area contributed by atoms with Gasteiger partial charge in [0.2, 0.25) is 0 Å². The van der Waals surface area contributed by atoms with Crippen molar-refractivity contribution in [3.63, 3.8) is 0 Å². The van der Waals surface area contributed by atoms with E-state index < -0.39 is 39.1 Å². The molecule has 1 aliphatic rings. The number of pyridine rings is 1. The van der Waals surface area contributed by atoms with Crippen LogP contribution in [0.2, 0.25) is 0 Å². The number of nitrogens with two attached hydrogens (primary N) is 1. The molecule has 1 aromatic carbocycles. The minimum Gasteiger partial charge on any atom is -0.403 e. The van der Waals surface area contributed by atoms with Crippen molar-refractivity contribution in [2.24, 2.45) is 5.14 Å². The van der Waals surface area contributed by atoms with Crippen molar-refractivity contribution in [2.75, 3.05) is 0 Å². The first-order chi connectivity index (χ1) is 13.4. The molecule has 2 aromatic rings. The van der Waals surface area contributed by atoms with Crippen molar-refractivity contribution in [2.45, 2.75) is 43.2 Å². The van der Waals surface area contributed by atoms with Crippen molar-refractivity contribution < 1.29 is 31.3 Å². The summed E-state index contributed by atoms with van der Waals surface area (Å²) in [6.07, 6.45) is -3.61. The fourth-order valence-corrected chi connectivity index (χ4v) is 4.14. The lowest BCUT2D eigenvalue weighted by molar-refractivity contribution is -0.275. The molecule has 0 spiro atoms. The van der Waals surface area contributed by atoms with Gasteiger partial charge in [0.1, 0.15) is 0 Å². The number of hydrogen-bond acceptors (Lipinski definition) is 4. The monoisotopic (exact) mass is 430 g/mol. The highest BCUT2D eigenvalue weighted by molar-refractivity contribution is 7.84. The van der Waals surface area contributed by atoms with Crippen LogP contribution < -0.4 is 9.88 Å². The Kier molecular flexibility index (Phi) is 5.29. The highest BCUT2D eigenvalue weighted by Gasteiger charge is 2.50. The molecule has 1 aliphatic carbocycles. The number of hydrogen-bond donors (Lipinski definition) is 1. The number of halogens is 4. The van der Waals surface area contributed by atoms with Crippen LogP contribution >= 0.6 is 0 Å². The van der Waals surface area contributed by atoms with Gasteiger partial charge in [-0.05, 0) is 50.1 Å². The van der Waals surface area contributed by atoms with Crippen LogP contribution in [0.1, 0.15) is 48.3 Å². The highest BCUT2D eigenvalue weighted by atomic mass is 32.2. The number of nitrogens with zero attached hydrogens (tertiary/aromatic N) is 1. The Morgan fingerprint density at radius 2 is 1.97 bits per heavy atom. The number of alkyl halides is 3. The number of fused-ring (bicyclic) bond motifs is 1. The molecule has 0 amide bonds. The van der Waals surface area contributed by atoms with Gasteiger partial charge in [0.15, 0.2) is 17.3 Å². The van der Waals surface area contributed by atoms with Crippen molar-refractivity contribution >= 4 is 16.8 Å². The zero-order valence-electron chi connectivity index (χ0n) is 15.5. The lowest BCUT2D eigenvalue weighted by atomic mass is 9.72. The summed E-state index contributed by atoms with van der Waals surface area (Å²) in [5, 5.41) is 5.61. The zero-order valence-corrected chi connectivity index (χ0v) is 16.4. The molecule has 1 aromatic heterocycles. The molecule has 0 aliphatic heterocycles. The summed E-state index contributed by atoms with van der Waals surface area (Å²) in [5.41, 5.74) is -0.271. The van der Waals surface area contributed by atoms with Crippen molar-refractivity contribution in [1.82, 2.24) is 4.98 Å². The lowest BCUT2D eigenvalue weighted by Crippen LogP contribution is -2.41. The van der Waals surface area contributed by atoms with E-state index in [4.69, 9.17) is 5.14 Å². The molecule has 3 rings (SSSR count).